The lowest BCUT2D eigenvalue weighted by molar-refractivity contribution is -0.00272. The number of hydrogen-bond donors (Lipinski definition) is 1. The molecule has 2 rings (SSSR count). The van der Waals surface area contributed by atoms with Crippen LogP contribution in [0.1, 0.15) is 18.2 Å². The predicted molar refractivity (Wildman–Crippen MR) is 75.9 cm³/mol. The maximum atomic E-state index is 12.5. The van der Waals surface area contributed by atoms with E-state index in [1.807, 2.05) is 20.0 Å². The van der Waals surface area contributed by atoms with Crippen molar-refractivity contribution < 1.29 is 13.2 Å². The molecule has 1 aromatic rings. The Balaban J connectivity index is 2.16. The van der Waals surface area contributed by atoms with E-state index in [9.17, 15) is 8.42 Å². The van der Waals surface area contributed by atoms with Gasteiger partial charge in [-0.05, 0) is 25.6 Å². The van der Waals surface area contributed by atoms with Gasteiger partial charge in [-0.15, -0.1) is 11.3 Å². The third kappa shape index (κ3) is 3.35. The maximum Gasteiger partial charge on any atom is 0.252 e. The molecule has 0 saturated carbocycles. The van der Waals surface area contributed by atoms with E-state index < -0.39 is 10.0 Å². The molecule has 19 heavy (non-hydrogen) atoms. The normalized spacial score (nSPS) is 21.7. The van der Waals surface area contributed by atoms with Crippen LogP contribution in [0.5, 0.6) is 0 Å². The number of sulfonamides is 1. The van der Waals surface area contributed by atoms with Gasteiger partial charge in [-0.2, -0.15) is 4.31 Å². The molecule has 108 valence electrons. The zero-order valence-corrected chi connectivity index (χ0v) is 12.9. The van der Waals surface area contributed by atoms with E-state index in [1.54, 1.807) is 10.4 Å². The first-order valence-electron chi connectivity index (χ1n) is 6.43. The smallest absolute Gasteiger partial charge is 0.252 e. The van der Waals surface area contributed by atoms with E-state index in [4.69, 9.17) is 4.74 Å². The molecule has 1 saturated heterocycles. The Hall–Kier alpha value is -0.470. The molecule has 1 N–H and O–H groups in total. The quantitative estimate of drug-likeness (QED) is 0.890. The standard InChI is InChI=1S/C12H20N2O3S2/c1-3-10-9-14(6-7-17-10)19(15,16)12-5-4-11(18-12)8-13-2/h4-5,10,13H,3,6-9H2,1-2H3. The fraction of sp³-hybridized carbons (Fsp3) is 0.667. The monoisotopic (exact) mass is 304 g/mol. The third-order valence-electron chi connectivity index (χ3n) is 3.14. The van der Waals surface area contributed by atoms with Crippen LogP contribution in [0.4, 0.5) is 0 Å². The summed E-state index contributed by atoms with van der Waals surface area (Å²) in [7, 11) is -1.51. The molecule has 1 aliphatic rings. The first-order chi connectivity index (χ1) is 9.07. The summed E-state index contributed by atoms with van der Waals surface area (Å²) in [5.41, 5.74) is 0. The lowest BCUT2D eigenvalue weighted by Gasteiger charge is -2.31. The Labute approximate surface area is 118 Å². The zero-order valence-electron chi connectivity index (χ0n) is 11.3. The van der Waals surface area contributed by atoms with Crippen LogP contribution in [0.2, 0.25) is 0 Å². The van der Waals surface area contributed by atoms with Gasteiger partial charge >= 0.3 is 0 Å². The van der Waals surface area contributed by atoms with Gasteiger partial charge < -0.3 is 10.1 Å². The van der Waals surface area contributed by atoms with Gasteiger partial charge in [-0.3, -0.25) is 0 Å². The summed E-state index contributed by atoms with van der Waals surface area (Å²) in [6.45, 7) is 4.08. The number of nitrogens with one attached hydrogen (secondary N) is 1. The predicted octanol–water partition coefficient (Wildman–Crippen LogP) is 1.27. The van der Waals surface area contributed by atoms with Crippen molar-refractivity contribution in [3.8, 4) is 0 Å². The van der Waals surface area contributed by atoms with Crippen molar-refractivity contribution in [1.82, 2.24) is 9.62 Å². The van der Waals surface area contributed by atoms with Gasteiger partial charge in [0.2, 0.25) is 0 Å². The summed E-state index contributed by atoms with van der Waals surface area (Å²) in [4.78, 5) is 1.03. The summed E-state index contributed by atoms with van der Waals surface area (Å²) in [6.07, 6.45) is 0.849. The first kappa shape index (κ1) is 14.9. The van der Waals surface area contributed by atoms with Crippen LogP contribution in [0.25, 0.3) is 0 Å². The highest BCUT2D eigenvalue weighted by Crippen LogP contribution is 2.26. The van der Waals surface area contributed by atoms with E-state index in [0.717, 1.165) is 11.3 Å². The SMILES string of the molecule is CCC1CN(S(=O)(=O)c2ccc(CNC)s2)CCO1. The average Bonchev–Trinajstić information content (AvgIpc) is 2.88. The van der Waals surface area contributed by atoms with Crippen LogP contribution in [0.15, 0.2) is 16.3 Å². The first-order valence-corrected chi connectivity index (χ1v) is 8.68. The molecule has 0 aliphatic carbocycles. The Bertz CT molecular complexity index is 513. The van der Waals surface area contributed by atoms with Gasteiger partial charge in [0.1, 0.15) is 4.21 Å². The highest BCUT2D eigenvalue weighted by atomic mass is 32.2. The minimum Gasteiger partial charge on any atom is -0.375 e. The second kappa shape index (κ2) is 6.32. The van der Waals surface area contributed by atoms with Crippen molar-refractivity contribution in [2.45, 2.75) is 30.2 Å². The van der Waals surface area contributed by atoms with Crippen LogP contribution in [-0.4, -0.2) is 45.6 Å². The van der Waals surface area contributed by atoms with Gasteiger partial charge in [0.05, 0.1) is 12.7 Å². The average molecular weight is 304 g/mol. The van der Waals surface area contributed by atoms with Gasteiger partial charge in [0, 0.05) is 24.5 Å². The number of hydrogen-bond acceptors (Lipinski definition) is 5. The summed E-state index contributed by atoms with van der Waals surface area (Å²) < 4.78 is 32.5. The summed E-state index contributed by atoms with van der Waals surface area (Å²) in [6, 6.07) is 3.56. The van der Waals surface area contributed by atoms with Gasteiger partial charge in [-0.25, -0.2) is 8.42 Å². The highest BCUT2D eigenvalue weighted by Gasteiger charge is 2.31. The molecule has 2 heterocycles. The van der Waals surface area contributed by atoms with Crippen LogP contribution in [-0.2, 0) is 21.3 Å². The Morgan fingerprint density at radius 3 is 3.00 bits per heavy atom. The van der Waals surface area contributed by atoms with Gasteiger partial charge in [0.15, 0.2) is 0 Å². The highest BCUT2D eigenvalue weighted by molar-refractivity contribution is 7.91. The summed E-state index contributed by atoms with van der Waals surface area (Å²) >= 11 is 1.33. The number of nitrogens with zero attached hydrogens (tertiary/aromatic N) is 1. The van der Waals surface area contributed by atoms with E-state index in [0.29, 0.717) is 30.5 Å². The van der Waals surface area contributed by atoms with Crippen molar-refractivity contribution >= 4 is 21.4 Å². The topological polar surface area (TPSA) is 58.6 Å². The van der Waals surface area contributed by atoms with E-state index in [1.165, 1.54) is 11.3 Å². The minimum atomic E-state index is -3.36. The number of ether oxygens (including phenoxy) is 1. The molecule has 0 radical (unpaired) electrons. The molecule has 5 nitrogen and oxygen atoms in total. The van der Waals surface area contributed by atoms with Gasteiger partial charge in [0.25, 0.3) is 10.0 Å². The molecule has 0 aromatic carbocycles. The summed E-state index contributed by atoms with van der Waals surface area (Å²) in [5.74, 6) is 0. The lowest BCUT2D eigenvalue weighted by atomic mass is 10.2. The molecule has 0 bridgehead atoms. The third-order valence-corrected chi connectivity index (χ3v) is 6.56. The second-order valence-corrected chi connectivity index (χ2v) is 7.85. The second-order valence-electron chi connectivity index (χ2n) is 4.52. The largest absolute Gasteiger partial charge is 0.375 e. The Morgan fingerprint density at radius 2 is 2.32 bits per heavy atom. The molecular formula is C12H20N2O3S2. The number of thiophene rings is 1. The van der Waals surface area contributed by atoms with Crippen LogP contribution >= 0.6 is 11.3 Å². The van der Waals surface area contributed by atoms with Crippen LogP contribution in [0.3, 0.4) is 0 Å². The summed E-state index contributed by atoms with van der Waals surface area (Å²) in [5, 5.41) is 3.03. The van der Waals surface area contributed by atoms with E-state index >= 15 is 0 Å². The molecule has 1 aromatic heterocycles. The molecule has 0 amide bonds. The lowest BCUT2D eigenvalue weighted by Crippen LogP contribution is -2.45. The zero-order chi connectivity index (χ0) is 13.9. The van der Waals surface area contributed by atoms with Crippen LogP contribution in [0, 0.1) is 0 Å². The van der Waals surface area contributed by atoms with Crippen molar-refractivity contribution in [2.75, 3.05) is 26.7 Å². The van der Waals surface area contributed by atoms with E-state index in [-0.39, 0.29) is 6.10 Å². The fourth-order valence-electron chi connectivity index (χ4n) is 2.05. The molecule has 1 fully saturated rings. The van der Waals surface area contributed by atoms with Crippen molar-refractivity contribution in [1.29, 1.82) is 0 Å². The molecule has 1 atom stereocenters. The Morgan fingerprint density at radius 1 is 1.53 bits per heavy atom. The van der Waals surface area contributed by atoms with Gasteiger partial charge in [-0.1, -0.05) is 6.92 Å². The van der Waals surface area contributed by atoms with E-state index in [2.05, 4.69) is 5.32 Å². The minimum absolute atomic E-state index is 0.0141. The van der Waals surface area contributed by atoms with Crippen LogP contribution < -0.4 is 5.32 Å². The van der Waals surface area contributed by atoms with Crippen molar-refractivity contribution in [2.24, 2.45) is 0 Å². The molecule has 7 heteroatoms. The fourth-order valence-corrected chi connectivity index (χ4v) is 5.03. The molecule has 1 unspecified atom stereocenters. The maximum absolute atomic E-state index is 12.5. The molecular weight excluding hydrogens is 284 g/mol. The number of rotatable bonds is 5. The number of morpholine rings is 1. The van der Waals surface area contributed by atoms with Crippen molar-refractivity contribution in [3.05, 3.63) is 17.0 Å². The van der Waals surface area contributed by atoms with Crippen molar-refractivity contribution in [3.63, 3.8) is 0 Å². The molecule has 1 aliphatic heterocycles. The Kier molecular flexibility index (Phi) is 4.97. The molecule has 0 spiro atoms.